The Morgan fingerprint density at radius 1 is 0.853 bits per heavy atom. The van der Waals surface area contributed by atoms with Crippen LogP contribution in [-0.2, 0) is 0 Å². The van der Waals surface area contributed by atoms with Gasteiger partial charge in [-0.1, -0.05) is 54.1 Å². The Morgan fingerprint density at radius 3 is 2.15 bits per heavy atom. The summed E-state index contributed by atoms with van der Waals surface area (Å²) in [5, 5.41) is 1.69. The van der Waals surface area contributed by atoms with Crippen LogP contribution in [0.1, 0.15) is 31.1 Å². The summed E-state index contributed by atoms with van der Waals surface area (Å²) in [7, 11) is 0. The second kappa shape index (κ2) is 8.72. The maximum atomic E-state index is 14.0. The summed E-state index contributed by atoms with van der Waals surface area (Å²) in [6.07, 6.45) is 0. The zero-order chi connectivity index (χ0) is 23.8. The van der Waals surface area contributed by atoms with E-state index in [1.807, 2.05) is 12.1 Å². The highest BCUT2D eigenvalue weighted by Crippen LogP contribution is 2.30. The molecule has 0 bridgehead atoms. The van der Waals surface area contributed by atoms with Gasteiger partial charge in [-0.3, -0.25) is 19.3 Å². The number of nitrogens with zero attached hydrogens (tertiary/aromatic N) is 2. The second-order valence-electron chi connectivity index (χ2n) is 7.89. The van der Waals surface area contributed by atoms with Gasteiger partial charge in [-0.05, 0) is 47.9 Å². The van der Waals surface area contributed by atoms with Gasteiger partial charge in [0, 0.05) is 35.3 Å². The highest BCUT2D eigenvalue weighted by molar-refractivity contribution is 6.34. The quantitative estimate of drug-likeness (QED) is 0.356. The largest absolute Gasteiger partial charge is 0.306 e. The predicted molar refractivity (Wildman–Crippen MR) is 129 cm³/mol. The average Bonchev–Trinajstić information content (AvgIpc) is 2.84. The van der Waals surface area contributed by atoms with Crippen molar-refractivity contribution in [1.82, 2.24) is 4.90 Å². The minimum absolute atomic E-state index is 0.0386. The van der Waals surface area contributed by atoms with Gasteiger partial charge in [-0.25, -0.2) is 4.39 Å². The van der Waals surface area contributed by atoms with Crippen LogP contribution >= 0.6 is 11.6 Å². The molecule has 0 atom stereocenters. The fraction of sp³-hybridized carbons (Fsp3) is 0.0741. The van der Waals surface area contributed by atoms with Gasteiger partial charge in [-0.15, -0.1) is 0 Å². The summed E-state index contributed by atoms with van der Waals surface area (Å²) >= 11 is 6.24. The van der Waals surface area contributed by atoms with Gasteiger partial charge in [-0.2, -0.15) is 0 Å². The topological polar surface area (TPSA) is 57.7 Å². The summed E-state index contributed by atoms with van der Waals surface area (Å²) in [6, 6.07) is 22.8. The first kappa shape index (κ1) is 21.8. The molecule has 5 rings (SSSR count). The average molecular weight is 473 g/mol. The van der Waals surface area contributed by atoms with Gasteiger partial charge in [0.05, 0.1) is 10.6 Å². The minimum Gasteiger partial charge on any atom is -0.306 e. The molecule has 168 valence electrons. The van der Waals surface area contributed by atoms with Gasteiger partial charge in [0.15, 0.2) is 0 Å². The summed E-state index contributed by atoms with van der Waals surface area (Å²) in [6.45, 7) is -0.113. The van der Waals surface area contributed by atoms with Crippen LogP contribution in [0.15, 0.2) is 84.9 Å². The van der Waals surface area contributed by atoms with Gasteiger partial charge < -0.3 is 4.90 Å². The SMILES string of the molecule is O=C1c2cccc3cccc(c23)C(=O)N1CCN(C(=O)c1ccccc1Cl)c1cccc(F)c1. The smallest absolute Gasteiger partial charge is 0.261 e. The molecule has 0 aliphatic carbocycles. The Bertz CT molecular complexity index is 1420. The molecule has 0 saturated carbocycles. The molecule has 0 spiro atoms. The standard InChI is InChI=1S/C27H18ClFN2O3/c28-23-13-2-1-10-20(23)25(32)30(19-9-5-8-18(29)16-19)14-15-31-26(33)21-11-3-6-17-7-4-12-22(24(17)21)27(31)34/h1-13,16H,14-15H2. The molecule has 0 radical (unpaired) electrons. The van der Waals surface area contributed by atoms with Crippen LogP contribution in [-0.4, -0.2) is 35.7 Å². The first-order valence-corrected chi connectivity index (χ1v) is 11.0. The third-order valence-corrected chi connectivity index (χ3v) is 6.20. The molecule has 4 aromatic rings. The van der Waals surface area contributed by atoms with E-state index in [0.29, 0.717) is 22.2 Å². The molecular formula is C27H18ClFN2O3. The summed E-state index contributed by atoms with van der Waals surface area (Å²) < 4.78 is 14.0. The highest BCUT2D eigenvalue weighted by Gasteiger charge is 2.33. The fourth-order valence-electron chi connectivity index (χ4n) is 4.26. The Hall–Kier alpha value is -4.03. The second-order valence-corrected chi connectivity index (χ2v) is 8.29. The Kier molecular flexibility index (Phi) is 5.59. The maximum absolute atomic E-state index is 14.0. The zero-order valence-electron chi connectivity index (χ0n) is 17.9. The number of rotatable bonds is 5. The highest BCUT2D eigenvalue weighted by atomic mass is 35.5. The molecule has 34 heavy (non-hydrogen) atoms. The first-order chi connectivity index (χ1) is 16.5. The van der Waals surface area contributed by atoms with Crippen LogP contribution in [0.5, 0.6) is 0 Å². The summed E-state index contributed by atoms with van der Waals surface area (Å²) in [4.78, 5) is 42.3. The van der Waals surface area contributed by atoms with Crippen molar-refractivity contribution < 1.29 is 18.8 Å². The normalized spacial score (nSPS) is 12.8. The van der Waals surface area contributed by atoms with Gasteiger partial charge in [0.1, 0.15) is 5.82 Å². The van der Waals surface area contributed by atoms with E-state index in [-0.39, 0.29) is 23.7 Å². The van der Waals surface area contributed by atoms with Crippen molar-refractivity contribution in [2.75, 3.05) is 18.0 Å². The fourth-order valence-corrected chi connectivity index (χ4v) is 4.47. The molecule has 4 aromatic carbocycles. The summed E-state index contributed by atoms with van der Waals surface area (Å²) in [5.74, 6) is -1.84. The molecule has 3 amide bonds. The van der Waals surface area contributed by atoms with Crippen molar-refractivity contribution in [1.29, 1.82) is 0 Å². The molecule has 0 saturated heterocycles. The lowest BCUT2D eigenvalue weighted by Gasteiger charge is -2.30. The van der Waals surface area contributed by atoms with Crippen LogP contribution in [0, 0.1) is 5.82 Å². The molecule has 0 fully saturated rings. The van der Waals surface area contributed by atoms with E-state index in [4.69, 9.17) is 11.6 Å². The van der Waals surface area contributed by atoms with Gasteiger partial charge in [0.25, 0.3) is 17.7 Å². The minimum atomic E-state index is -0.514. The lowest BCUT2D eigenvalue weighted by atomic mass is 9.94. The number of hydrogen-bond donors (Lipinski definition) is 0. The Morgan fingerprint density at radius 2 is 1.50 bits per heavy atom. The van der Waals surface area contributed by atoms with E-state index in [2.05, 4.69) is 0 Å². The van der Waals surface area contributed by atoms with E-state index in [1.165, 1.54) is 23.1 Å². The van der Waals surface area contributed by atoms with Crippen molar-refractivity contribution in [3.63, 3.8) is 0 Å². The third kappa shape index (κ3) is 3.72. The molecule has 0 N–H and O–H groups in total. The number of anilines is 1. The van der Waals surface area contributed by atoms with Gasteiger partial charge >= 0.3 is 0 Å². The van der Waals surface area contributed by atoms with Crippen LogP contribution in [0.25, 0.3) is 10.8 Å². The molecule has 1 heterocycles. The molecular weight excluding hydrogens is 455 g/mol. The van der Waals surface area contributed by atoms with E-state index in [9.17, 15) is 18.8 Å². The molecule has 1 aliphatic heterocycles. The van der Waals surface area contributed by atoms with E-state index < -0.39 is 23.5 Å². The lowest BCUT2D eigenvalue weighted by molar-refractivity contribution is 0.0611. The molecule has 7 heteroatoms. The van der Waals surface area contributed by atoms with Crippen LogP contribution in [0.4, 0.5) is 10.1 Å². The third-order valence-electron chi connectivity index (χ3n) is 5.87. The van der Waals surface area contributed by atoms with Crippen LogP contribution < -0.4 is 4.90 Å². The van der Waals surface area contributed by atoms with Crippen LogP contribution in [0.3, 0.4) is 0 Å². The first-order valence-electron chi connectivity index (χ1n) is 10.7. The maximum Gasteiger partial charge on any atom is 0.261 e. The van der Waals surface area contributed by atoms with E-state index in [1.54, 1.807) is 54.6 Å². The van der Waals surface area contributed by atoms with Gasteiger partial charge in [0.2, 0.25) is 0 Å². The number of hydrogen-bond acceptors (Lipinski definition) is 3. The number of carbonyl (C=O) groups excluding carboxylic acids is 3. The number of imide groups is 1. The molecule has 0 unspecified atom stereocenters. The van der Waals surface area contributed by atoms with Crippen molar-refractivity contribution in [3.05, 3.63) is 112 Å². The lowest BCUT2D eigenvalue weighted by Crippen LogP contribution is -2.46. The van der Waals surface area contributed by atoms with E-state index >= 15 is 0 Å². The Labute approximate surface area is 200 Å². The van der Waals surface area contributed by atoms with Crippen LogP contribution in [0.2, 0.25) is 5.02 Å². The van der Waals surface area contributed by atoms with Crippen molar-refractivity contribution in [3.8, 4) is 0 Å². The number of amides is 3. The van der Waals surface area contributed by atoms with E-state index in [0.717, 1.165) is 10.3 Å². The van der Waals surface area contributed by atoms with Crippen molar-refractivity contribution in [2.24, 2.45) is 0 Å². The molecule has 5 nitrogen and oxygen atoms in total. The molecule has 0 aromatic heterocycles. The van der Waals surface area contributed by atoms with Crippen molar-refractivity contribution in [2.45, 2.75) is 0 Å². The monoisotopic (exact) mass is 472 g/mol. The Balaban J connectivity index is 1.49. The number of halogens is 2. The predicted octanol–water partition coefficient (Wildman–Crippen LogP) is 5.58. The number of benzene rings is 4. The number of carbonyl (C=O) groups is 3. The molecule has 1 aliphatic rings. The summed E-state index contributed by atoms with van der Waals surface area (Å²) in [5.41, 5.74) is 1.40. The zero-order valence-corrected chi connectivity index (χ0v) is 18.6. The van der Waals surface area contributed by atoms with Crippen molar-refractivity contribution >= 4 is 45.8 Å².